The summed E-state index contributed by atoms with van der Waals surface area (Å²) in [5.41, 5.74) is 4.80. The Balaban J connectivity index is 1.64. The largest absolute Gasteiger partial charge is 0.505 e. The monoisotopic (exact) mass is 465 g/mol. The molecule has 1 atom stereocenters. The molecular weight excluding hydrogens is 438 g/mol. The molecule has 1 fully saturated rings. The first-order chi connectivity index (χ1) is 17.0. The molecule has 35 heavy (non-hydrogen) atoms. The number of Topliss-reactive ketones (excluding diaryl/α,β-unsaturated/α-hetero) is 1. The van der Waals surface area contributed by atoms with Crippen molar-refractivity contribution in [2.45, 2.75) is 32.7 Å². The molecule has 0 saturated carbocycles. The van der Waals surface area contributed by atoms with Crippen LogP contribution >= 0.6 is 0 Å². The number of benzene rings is 2. The minimum Gasteiger partial charge on any atom is -0.505 e. The highest BCUT2D eigenvalue weighted by Crippen LogP contribution is 2.40. The van der Waals surface area contributed by atoms with Crippen LogP contribution in [0.1, 0.15) is 41.0 Å². The number of fused-ring (bicyclic) bond motifs is 1. The van der Waals surface area contributed by atoms with E-state index >= 15 is 0 Å². The van der Waals surface area contributed by atoms with Gasteiger partial charge in [0.25, 0.3) is 11.7 Å². The van der Waals surface area contributed by atoms with Crippen LogP contribution in [0.25, 0.3) is 11.4 Å². The lowest BCUT2D eigenvalue weighted by atomic mass is 9.95. The van der Waals surface area contributed by atoms with Gasteiger partial charge in [0.05, 0.1) is 17.3 Å². The van der Waals surface area contributed by atoms with Crippen molar-refractivity contribution < 1.29 is 14.7 Å². The number of imidazole rings is 1. The maximum Gasteiger partial charge on any atom is 0.295 e. The second-order valence-corrected chi connectivity index (χ2v) is 8.80. The molecule has 4 aromatic rings. The van der Waals surface area contributed by atoms with Crippen LogP contribution in [0.4, 0.5) is 0 Å². The highest BCUT2D eigenvalue weighted by molar-refractivity contribution is 6.46. The van der Waals surface area contributed by atoms with Gasteiger partial charge in [0.1, 0.15) is 11.3 Å². The third kappa shape index (κ3) is 4.01. The van der Waals surface area contributed by atoms with E-state index in [4.69, 9.17) is 0 Å². The Kier molecular flexibility index (Phi) is 5.95. The zero-order valence-electron chi connectivity index (χ0n) is 19.8. The summed E-state index contributed by atoms with van der Waals surface area (Å²) in [4.78, 5) is 32.8. The molecule has 1 unspecified atom stereocenters. The number of nitrogens with zero attached hydrogens (tertiary/aromatic N) is 3. The Morgan fingerprint density at radius 2 is 1.66 bits per heavy atom. The number of rotatable bonds is 6. The van der Waals surface area contributed by atoms with Crippen LogP contribution in [-0.4, -0.2) is 37.6 Å². The summed E-state index contributed by atoms with van der Waals surface area (Å²) in [5, 5.41) is 11.5. The van der Waals surface area contributed by atoms with Gasteiger partial charge in [-0.25, -0.2) is 4.98 Å². The van der Waals surface area contributed by atoms with E-state index in [1.54, 1.807) is 22.4 Å². The number of pyridine rings is 1. The van der Waals surface area contributed by atoms with E-state index in [2.05, 4.69) is 11.9 Å². The fourth-order valence-corrected chi connectivity index (χ4v) is 4.81. The fraction of sp³-hybridized carbons (Fsp3) is 0.207. The number of aromatic nitrogens is 2. The summed E-state index contributed by atoms with van der Waals surface area (Å²) < 4.78 is 1.75. The maximum atomic E-state index is 13.4. The Labute approximate surface area is 204 Å². The van der Waals surface area contributed by atoms with Gasteiger partial charge in [-0.3, -0.25) is 14.0 Å². The number of carbonyl (C=O) groups excluding carboxylic acids is 2. The molecule has 1 saturated heterocycles. The lowest BCUT2D eigenvalue weighted by molar-refractivity contribution is -0.139. The van der Waals surface area contributed by atoms with Gasteiger partial charge in [-0.2, -0.15) is 0 Å². The molecule has 0 radical (unpaired) electrons. The Morgan fingerprint density at radius 3 is 2.37 bits per heavy atom. The van der Waals surface area contributed by atoms with E-state index in [0.29, 0.717) is 30.0 Å². The standard InChI is InChI=1S/C29H27N3O3/c1-3-20-12-14-22(15-13-20)26-24(27(33)25-19(2)30-23-11-7-8-17-31(23)25)28(34)29(35)32(26)18-16-21-9-5-4-6-10-21/h4-15,17,26,33H,3,16,18H2,1-2H3/b27-24+. The second kappa shape index (κ2) is 9.22. The molecule has 2 aromatic heterocycles. The van der Waals surface area contributed by atoms with Crippen LogP contribution < -0.4 is 0 Å². The van der Waals surface area contributed by atoms with E-state index in [1.165, 1.54) is 0 Å². The molecule has 3 heterocycles. The van der Waals surface area contributed by atoms with Crippen LogP contribution in [0, 0.1) is 6.92 Å². The number of aliphatic hydroxyl groups is 1. The molecule has 5 rings (SSSR count). The molecule has 1 amide bonds. The summed E-state index contributed by atoms with van der Waals surface area (Å²) in [6.45, 7) is 4.23. The van der Waals surface area contributed by atoms with Gasteiger partial charge in [-0.1, -0.05) is 67.6 Å². The summed E-state index contributed by atoms with van der Waals surface area (Å²) in [7, 11) is 0. The lowest BCUT2D eigenvalue weighted by Gasteiger charge is -2.25. The van der Waals surface area contributed by atoms with Crippen LogP contribution in [0.2, 0.25) is 0 Å². The number of hydrogen-bond donors (Lipinski definition) is 1. The van der Waals surface area contributed by atoms with Crippen molar-refractivity contribution in [1.29, 1.82) is 0 Å². The Morgan fingerprint density at radius 1 is 0.943 bits per heavy atom. The minimum atomic E-state index is -0.682. The fourth-order valence-electron chi connectivity index (χ4n) is 4.81. The number of carbonyl (C=O) groups is 2. The molecule has 1 N–H and O–H groups in total. The molecule has 0 bridgehead atoms. The van der Waals surface area contributed by atoms with E-state index in [-0.39, 0.29) is 11.3 Å². The summed E-state index contributed by atoms with van der Waals surface area (Å²) >= 11 is 0. The summed E-state index contributed by atoms with van der Waals surface area (Å²) in [6, 6.07) is 22.6. The smallest absolute Gasteiger partial charge is 0.295 e. The van der Waals surface area contributed by atoms with Gasteiger partial charge in [0, 0.05) is 12.7 Å². The maximum absolute atomic E-state index is 13.4. The molecule has 0 spiro atoms. The van der Waals surface area contributed by atoms with Crippen molar-refractivity contribution in [2.75, 3.05) is 6.54 Å². The number of amides is 1. The first kappa shape index (κ1) is 22.6. The van der Waals surface area contributed by atoms with E-state index in [1.807, 2.05) is 72.8 Å². The SMILES string of the molecule is CCc1ccc(C2/C(=C(\O)c3c(C)nc4ccccn34)C(=O)C(=O)N2CCc2ccccc2)cc1. The third-order valence-corrected chi connectivity index (χ3v) is 6.66. The van der Waals surface area contributed by atoms with Gasteiger partial charge >= 0.3 is 0 Å². The van der Waals surface area contributed by atoms with Crippen molar-refractivity contribution in [3.8, 4) is 0 Å². The summed E-state index contributed by atoms with van der Waals surface area (Å²) in [5.74, 6) is -1.48. The lowest BCUT2D eigenvalue weighted by Crippen LogP contribution is -2.31. The number of aliphatic hydroxyl groups excluding tert-OH is 1. The molecule has 2 aromatic carbocycles. The van der Waals surface area contributed by atoms with Crippen molar-refractivity contribution in [2.24, 2.45) is 0 Å². The predicted molar refractivity (Wildman–Crippen MR) is 135 cm³/mol. The van der Waals surface area contributed by atoms with Crippen LogP contribution in [-0.2, 0) is 22.4 Å². The third-order valence-electron chi connectivity index (χ3n) is 6.66. The zero-order valence-corrected chi connectivity index (χ0v) is 19.8. The summed E-state index contributed by atoms with van der Waals surface area (Å²) in [6.07, 6.45) is 3.28. The molecule has 1 aliphatic rings. The average Bonchev–Trinajstić information content (AvgIpc) is 3.35. The normalized spacial score (nSPS) is 17.4. The molecule has 6 heteroatoms. The van der Waals surface area contributed by atoms with Crippen LogP contribution in [0.15, 0.2) is 84.6 Å². The predicted octanol–water partition coefficient (Wildman–Crippen LogP) is 4.87. The van der Waals surface area contributed by atoms with Crippen LogP contribution in [0.5, 0.6) is 0 Å². The highest BCUT2D eigenvalue weighted by atomic mass is 16.3. The van der Waals surface area contributed by atoms with Crippen molar-refractivity contribution in [1.82, 2.24) is 14.3 Å². The average molecular weight is 466 g/mol. The molecule has 0 aliphatic carbocycles. The van der Waals surface area contributed by atoms with Gasteiger partial charge < -0.3 is 10.0 Å². The van der Waals surface area contributed by atoms with Crippen molar-refractivity contribution in [3.63, 3.8) is 0 Å². The number of hydrogen-bond acceptors (Lipinski definition) is 4. The van der Waals surface area contributed by atoms with Gasteiger partial charge in [-0.15, -0.1) is 0 Å². The Bertz CT molecular complexity index is 1440. The highest BCUT2D eigenvalue weighted by Gasteiger charge is 2.46. The molecule has 1 aliphatic heterocycles. The minimum absolute atomic E-state index is 0.0982. The first-order valence-corrected chi connectivity index (χ1v) is 11.8. The Hall–Kier alpha value is -4.19. The molecular formula is C29H27N3O3. The van der Waals surface area contributed by atoms with Gasteiger partial charge in [0.15, 0.2) is 5.76 Å². The molecule has 176 valence electrons. The number of ketones is 1. The quantitative estimate of drug-likeness (QED) is 0.250. The topological polar surface area (TPSA) is 74.9 Å². The van der Waals surface area contributed by atoms with E-state index < -0.39 is 17.7 Å². The van der Waals surface area contributed by atoms with Gasteiger partial charge in [-0.05, 0) is 48.6 Å². The zero-order chi connectivity index (χ0) is 24.5. The number of aryl methyl sites for hydroxylation is 2. The van der Waals surface area contributed by atoms with Gasteiger partial charge in [0.2, 0.25) is 0 Å². The van der Waals surface area contributed by atoms with Crippen LogP contribution in [0.3, 0.4) is 0 Å². The number of likely N-dealkylation sites (tertiary alicyclic amines) is 1. The van der Waals surface area contributed by atoms with E-state index in [0.717, 1.165) is 23.1 Å². The van der Waals surface area contributed by atoms with Crippen molar-refractivity contribution >= 4 is 23.1 Å². The molecule has 6 nitrogen and oxygen atoms in total. The van der Waals surface area contributed by atoms with Crippen molar-refractivity contribution in [3.05, 3.63) is 113 Å². The van der Waals surface area contributed by atoms with E-state index in [9.17, 15) is 14.7 Å². The first-order valence-electron chi connectivity index (χ1n) is 11.8. The second-order valence-electron chi connectivity index (χ2n) is 8.80.